The molecule has 0 aliphatic rings. The van der Waals surface area contributed by atoms with Crippen molar-refractivity contribution in [1.82, 2.24) is 0 Å². The molecule has 2 aromatic rings. The highest BCUT2D eigenvalue weighted by Gasteiger charge is 2.31. The second-order valence-electron chi connectivity index (χ2n) is 3.76. The number of para-hydroxylation sites is 1. The maximum absolute atomic E-state index is 12.6. The van der Waals surface area contributed by atoms with Crippen LogP contribution < -0.4 is 0 Å². The number of halogens is 3. The third-order valence-electron chi connectivity index (χ3n) is 2.52. The summed E-state index contributed by atoms with van der Waals surface area (Å²) in [5.41, 5.74) is -0.960. The Balaban J connectivity index is 2.57. The van der Waals surface area contributed by atoms with Crippen LogP contribution in [0.3, 0.4) is 0 Å². The fourth-order valence-corrected chi connectivity index (χ4v) is 1.66. The van der Waals surface area contributed by atoms with Crippen molar-refractivity contribution in [3.8, 4) is 11.1 Å². The van der Waals surface area contributed by atoms with E-state index in [9.17, 15) is 23.3 Å². The van der Waals surface area contributed by atoms with Gasteiger partial charge in [0.2, 0.25) is 0 Å². The Bertz CT molecular complexity index is 623. The molecule has 0 amide bonds. The van der Waals surface area contributed by atoms with Crippen LogP contribution in [0.2, 0.25) is 0 Å². The van der Waals surface area contributed by atoms with Gasteiger partial charge in [0.1, 0.15) is 0 Å². The maximum Gasteiger partial charge on any atom is 0.416 e. The zero-order valence-electron chi connectivity index (χ0n) is 9.44. The number of benzene rings is 2. The van der Waals surface area contributed by atoms with Crippen LogP contribution in [-0.4, -0.2) is 4.92 Å². The van der Waals surface area contributed by atoms with Gasteiger partial charge in [0.15, 0.2) is 0 Å². The van der Waals surface area contributed by atoms with Crippen molar-refractivity contribution in [1.29, 1.82) is 0 Å². The molecule has 0 unspecified atom stereocenters. The Morgan fingerprint density at radius 1 is 1.16 bits per heavy atom. The molecule has 97 valence electrons. The molecule has 0 aliphatic heterocycles. The van der Waals surface area contributed by atoms with Gasteiger partial charge in [-0.05, 0) is 29.8 Å². The van der Waals surface area contributed by atoms with Gasteiger partial charge in [-0.2, -0.15) is 13.2 Å². The number of nitro groups is 1. The third-order valence-corrected chi connectivity index (χ3v) is 2.52. The molecular weight excluding hydrogens is 259 g/mol. The lowest BCUT2D eigenvalue weighted by Crippen LogP contribution is -2.04. The van der Waals surface area contributed by atoms with Crippen LogP contribution in [0.1, 0.15) is 5.56 Å². The number of alkyl halides is 3. The summed E-state index contributed by atoms with van der Waals surface area (Å²) in [6, 6.07) is 11.0. The molecular formula is C13H7F3NO2. The zero-order chi connectivity index (χ0) is 14.0. The van der Waals surface area contributed by atoms with Gasteiger partial charge in [-0.3, -0.25) is 10.1 Å². The van der Waals surface area contributed by atoms with E-state index in [2.05, 4.69) is 6.07 Å². The summed E-state index contributed by atoms with van der Waals surface area (Å²) >= 11 is 0. The minimum Gasteiger partial charge on any atom is -0.258 e. The van der Waals surface area contributed by atoms with E-state index in [1.807, 2.05) is 0 Å². The molecule has 0 fully saturated rings. The van der Waals surface area contributed by atoms with Crippen LogP contribution in [0.25, 0.3) is 11.1 Å². The summed E-state index contributed by atoms with van der Waals surface area (Å²) in [7, 11) is 0. The van der Waals surface area contributed by atoms with E-state index in [0.717, 1.165) is 18.2 Å². The van der Waals surface area contributed by atoms with Crippen LogP contribution in [-0.2, 0) is 6.18 Å². The Kier molecular flexibility index (Phi) is 3.25. The van der Waals surface area contributed by atoms with Crippen molar-refractivity contribution < 1.29 is 18.1 Å². The lowest BCUT2D eigenvalue weighted by Gasteiger charge is -2.08. The molecule has 0 saturated heterocycles. The van der Waals surface area contributed by atoms with Crippen LogP contribution in [0.5, 0.6) is 0 Å². The van der Waals surface area contributed by atoms with E-state index in [4.69, 9.17) is 0 Å². The summed E-state index contributed by atoms with van der Waals surface area (Å²) in [5, 5.41) is 10.8. The zero-order valence-corrected chi connectivity index (χ0v) is 9.44. The van der Waals surface area contributed by atoms with E-state index in [1.54, 1.807) is 0 Å². The average molecular weight is 266 g/mol. The largest absolute Gasteiger partial charge is 0.416 e. The molecule has 0 aliphatic carbocycles. The predicted molar refractivity (Wildman–Crippen MR) is 62.4 cm³/mol. The van der Waals surface area contributed by atoms with E-state index in [1.165, 1.54) is 24.3 Å². The fourth-order valence-electron chi connectivity index (χ4n) is 1.66. The molecule has 0 spiro atoms. The Hall–Kier alpha value is -2.37. The van der Waals surface area contributed by atoms with Crippen LogP contribution in [0.15, 0.2) is 42.5 Å². The molecule has 2 aromatic carbocycles. The summed E-state index contributed by atoms with van der Waals surface area (Å²) in [6.07, 6.45) is -4.49. The predicted octanol–water partition coefficient (Wildman–Crippen LogP) is 4.08. The fraction of sp³-hybridized carbons (Fsp3) is 0.0769. The highest BCUT2D eigenvalue weighted by molar-refractivity contribution is 5.73. The molecule has 0 atom stereocenters. The quantitative estimate of drug-likeness (QED) is 0.607. The van der Waals surface area contributed by atoms with E-state index >= 15 is 0 Å². The van der Waals surface area contributed by atoms with Crippen molar-refractivity contribution in [2.75, 3.05) is 0 Å². The SMILES string of the molecule is O=[N+]([O-])c1ccccc1-c1[c]ccc(C(F)(F)F)c1. The van der Waals surface area contributed by atoms with Gasteiger partial charge in [-0.15, -0.1) is 0 Å². The number of hydrogen-bond acceptors (Lipinski definition) is 2. The molecule has 2 rings (SSSR count). The average Bonchev–Trinajstić information content (AvgIpc) is 2.38. The summed E-state index contributed by atoms with van der Waals surface area (Å²) in [6.45, 7) is 0. The third kappa shape index (κ3) is 2.73. The summed E-state index contributed by atoms with van der Waals surface area (Å²) in [4.78, 5) is 10.2. The van der Waals surface area contributed by atoms with E-state index in [-0.39, 0.29) is 16.8 Å². The Labute approximate surface area is 106 Å². The topological polar surface area (TPSA) is 43.1 Å². The van der Waals surface area contributed by atoms with Crippen molar-refractivity contribution in [3.05, 3.63) is 64.2 Å². The second kappa shape index (κ2) is 4.72. The van der Waals surface area contributed by atoms with Crippen LogP contribution in [0, 0.1) is 16.2 Å². The number of rotatable bonds is 2. The van der Waals surface area contributed by atoms with E-state index in [0.29, 0.717) is 0 Å². The highest BCUT2D eigenvalue weighted by atomic mass is 19.4. The van der Waals surface area contributed by atoms with Crippen molar-refractivity contribution in [2.45, 2.75) is 6.18 Å². The molecule has 0 bridgehead atoms. The van der Waals surface area contributed by atoms with Crippen molar-refractivity contribution in [2.24, 2.45) is 0 Å². The van der Waals surface area contributed by atoms with Gasteiger partial charge in [-0.1, -0.05) is 18.2 Å². The number of nitrogens with zero attached hydrogens (tertiary/aromatic N) is 1. The molecule has 1 radical (unpaired) electrons. The van der Waals surface area contributed by atoms with Gasteiger partial charge in [0, 0.05) is 6.07 Å². The molecule has 0 aromatic heterocycles. The second-order valence-corrected chi connectivity index (χ2v) is 3.76. The lowest BCUT2D eigenvalue weighted by molar-refractivity contribution is -0.384. The molecule has 3 nitrogen and oxygen atoms in total. The van der Waals surface area contributed by atoms with Crippen molar-refractivity contribution >= 4 is 5.69 Å². The molecule has 0 N–H and O–H groups in total. The van der Waals surface area contributed by atoms with Crippen LogP contribution in [0.4, 0.5) is 18.9 Å². The molecule has 0 heterocycles. The van der Waals surface area contributed by atoms with Crippen LogP contribution >= 0.6 is 0 Å². The summed E-state index contributed by atoms with van der Waals surface area (Å²) in [5.74, 6) is 0. The Morgan fingerprint density at radius 2 is 1.84 bits per heavy atom. The number of nitro benzene ring substituents is 1. The molecule has 0 saturated carbocycles. The minimum absolute atomic E-state index is 0.0436. The Morgan fingerprint density at radius 3 is 2.47 bits per heavy atom. The minimum atomic E-state index is -4.49. The monoisotopic (exact) mass is 266 g/mol. The number of hydrogen-bond donors (Lipinski definition) is 0. The molecule has 6 heteroatoms. The standard InChI is InChI=1S/C13H7F3NO2/c14-13(15,16)10-5-3-4-9(8-10)11-6-1-2-7-12(11)17(18)19/h1-3,5-8H. The first-order chi connectivity index (χ1) is 8.89. The van der Waals surface area contributed by atoms with Gasteiger partial charge < -0.3 is 0 Å². The first-order valence-corrected chi connectivity index (χ1v) is 5.22. The van der Waals surface area contributed by atoms with Gasteiger partial charge in [0.25, 0.3) is 5.69 Å². The van der Waals surface area contributed by atoms with Gasteiger partial charge in [0.05, 0.1) is 16.1 Å². The van der Waals surface area contributed by atoms with Gasteiger partial charge >= 0.3 is 6.18 Å². The first-order valence-electron chi connectivity index (χ1n) is 5.22. The molecule has 19 heavy (non-hydrogen) atoms. The highest BCUT2D eigenvalue weighted by Crippen LogP contribution is 2.34. The van der Waals surface area contributed by atoms with Gasteiger partial charge in [-0.25, -0.2) is 0 Å². The lowest BCUT2D eigenvalue weighted by atomic mass is 10.0. The smallest absolute Gasteiger partial charge is 0.258 e. The van der Waals surface area contributed by atoms with Crippen molar-refractivity contribution in [3.63, 3.8) is 0 Å². The summed E-state index contributed by atoms with van der Waals surface area (Å²) < 4.78 is 37.8. The first kappa shape index (κ1) is 13.1. The maximum atomic E-state index is 12.6. The van der Waals surface area contributed by atoms with E-state index < -0.39 is 16.7 Å². The normalized spacial score (nSPS) is 11.3.